The molecule has 4 aromatic rings. The van der Waals surface area contributed by atoms with Gasteiger partial charge in [-0.1, -0.05) is 54.6 Å². The molecule has 128 valence electrons. The largest absolute Gasteiger partial charge is 0.338 e. The molecule has 5 rings (SSSR count). The van der Waals surface area contributed by atoms with Crippen molar-refractivity contribution in [3.05, 3.63) is 78.4 Å². The van der Waals surface area contributed by atoms with Crippen LogP contribution in [0.25, 0.3) is 33.5 Å². The molecule has 1 aliphatic carbocycles. The molecule has 1 heterocycles. The summed E-state index contributed by atoms with van der Waals surface area (Å²) in [5.41, 5.74) is 6.97. The van der Waals surface area contributed by atoms with Gasteiger partial charge in [0.2, 0.25) is 0 Å². The van der Waals surface area contributed by atoms with Gasteiger partial charge in [0.05, 0.1) is 11.0 Å². The highest BCUT2D eigenvalue weighted by Gasteiger charge is 2.19. The van der Waals surface area contributed by atoms with E-state index in [0.29, 0.717) is 0 Å². The minimum absolute atomic E-state index is 0.746. The van der Waals surface area contributed by atoms with Crippen molar-refractivity contribution in [2.45, 2.75) is 25.4 Å². The van der Waals surface area contributed by atoms with Gasteiger partial charge in [0, 0.05) is 18.2 Å². The van der Waals surface area contributed by atoms with E-state index in [4.69, 9.17) is 4.98 Å². The lowest BCUT2D eigenvalue weighted by molar-refractivity contribution is 0.688. The van der Waals surface area contributed by atoms with E-state index in [-0.39, 0.29) is 0 Å². The van der Waals surface area contributed by atoms with Crippen molar-refractivity contribution in [2.24, 2.45) is 0 Å². The summed E-state index contributed by atoms with van der Waals surface area (Å²) in [6.45, 7) is 0.962. The lowest BCUT2D eigenvalue weighted by Gasteiger charge is -2.07. The molecule has 0 aliphatic heterocycles. The average molecular weight is 339 g/mol. The van der Waals surface area contributed by atoms with Crippen LogP contribution >= 0.6 is 0 Å². The number of hydrogen-bond donors (Lipinski definition) is 2. The third-order valence-electron chi connectivity index (χ3n) is 4.98. The fraction of sp³-hybridized carbons (Fsp3) is 0.174. The van der Waals surface area contributed by atoms with Crippen molar-refractivity contribution in [2.75, 3.05) is 0 Å². The number of aromatic nitrogens is 2. The van der Waals surface area contributed by atoms with Crippen LogP contribution < -0.4 is 5.32 Å². The molecule has 0 radical (unpaired) electrons. The van der Waals surface area contributed by atoms with Crippen molar-refractivity contribution in [3.8, 4) is 22.5 Å². The molecular formula is C23H21N3. The maximum atomic E-state index is 4.71. The van der Waals surface area contributed by atoms with Crippen molar-refractivity contribution in [1.29, 1.82) is 0 Å². The van der Waals surface area contributed by atoms with Crippen molar-refractivity contribution in [3.63, 3.8) is 0 Å². The summed E-state index contributed by atoms with van der Waals surface area (Å²) in [5, 5.41) is 3.56. The number of fused-ring (bicyclic) bond motifs is 1. The van der Waals surface area contributed by atoms with E-state index in [2.05, 4.69) is 64.9 Å². The molecule has 2 N–H and O–H groups in total. The first-order valence-corrected chi connectivity index (χ1v) is 9.23. The third-order valence-corrected chi connectivity index (χ3v) is 4.98. The van der Waals surface area contributed by atoms with Crippen LogP contribution in [0.4, 0.5) is 0 Å². The smallest absolute Gasteiger partial charge is 0.138 e. The highest BCUT2D eigenvalue weighted by atomic mass is 14.9. The number of aromatic amines is 1. The molecule has 0 unspecified atom stereocenters. The van der Waals surface area contributed by atoms with Gasteiger partial charge in [-0.05, 0) is 47.7 Å². The van der Waals surface area contributed by atoms with Crippen LogP contribution in [0.15, 0.2) is 72.8 Å². The molecule has 3 heteroatoms. The minimum atomic E-state index is 0.746. The van der Waals surface area contributed by atoms with Crippen molar-refractivity contribution < 1.29 is 0 Å². The van der Waals surface area contributed by atoms with E-state index in [1.54, 1.807) is 0 Å². The summed E-state index contributed by atoms with van der Waals surface area (Å²) in [7, 11) is 0. The number of nitrogens with zero attached hydrogens (tertiary/aromatic N) is 1. The summed E-state index contributed by atoms with van der Waals surface area (Å²) in [4.78, 5) is 8.13. The zero-order valence-corrected chi connectivity index (χ0v) is 14.6. The first-order chi connectivity index (χ1) is 12.8. The second-order valence-corrected chi connectivity index (χ2v) is 7.04. The van der Waals surface area contributed by atoms with Gasteiger partial charge < -0.3 is 10.3 Å². The number of hydrogen-bond acceptors (Lipinski definition) is 2. The average Bonchev–Trinajstić information content (AvgIpc) is 3.43. The molecule has 1 aliphatic rings. The van der Waals surface area contributed by atoms with Gasteiger partial charge in [0.25, 0.3) is 0 Å². The van der Waals surface area contributed by atoms with Crippen molar-refractivity contribution >= 4 is 11.0 Å². The molecule has 1 fully saturated rings. The van der Waals surface area contributed by atoms with Crippen molar-refractivity contribution in [1.82, 2.24) is 15.3 Å². The molecule has 0 atom stereocenters. The van der Waals surface area contributed by atoms with Gasteiger partial charge >= 0.3 is 0 Å². The van der Waals surface area contributed by atoms with E-state index in [1.807, 2.05) is 18.2 Å². The fourth-order valence-electron chi connectivity index (χ4n) is 3.30. The quantitative estimate of drug-likeness (QED) is 0.528. The van der Waals surface area contributed by atoms with Crippen LogP contribution in [0.2, 0.25) is 0 Å². The lowest BCUT2D eigenvalue weighted by Crippen LogP contribution is -2.14. The van der Waals surface area contributed by atoms with Gasteiger partial charge in [0.15, 0.2) is 0 Å². The standard InChI is InChI=1S/C23H21N3/c1-2-7-22-21(6-1)25-23(26-22)19-5-3-4-18(14-19)17-10-8-16(9-11-17)15-24-20-12-13-20/h1-11,14,20,24H,12-13,15H2,(H,25,26). The first-order valence-electron chi connectivity index (χ1n) is 9.23. The maximum absolute atomic E-state index is 4.71. The van der Waals surface area contributed by atoms with Crippen LogP contribution in [0.1, 0.15) is 18.4 Å². The Balaban J connectivity index is 1.41. The van der Waals surface area contributed by atoms with Crippen LogP contribution in [0.3, 0.4) is 0 Å². The summed E-state index contributed by atoms with van der Waals surface area (Å²) in [6.07, 6.45) is 2.65. The third kappa shape index (κ3) is 3.14. The molecule has 3 nitrogen and oxygen atoms in total. The molecule has 26 heavy (non-hydrogen) atoms. The van der Waals surface area contributed by atoms with Gasteiger partial charge in [-0.2, -0.15) is 0 Å². The predicted octanol–water partition coefficient (Wildman–Crippen LogP) is 5.15. The fourth-order valence-corrected chi connectivity index (χ4v) is 3.30. The highest BCUT2D eigenvalue weighted by Crippen LogP contribution is 2.27. The second-order valence-electron chi connectivity index (χ2n) is 7.04. The van der Waals surface area contributed by atoms with Gasteiger partial charge in [-0.3, -0.25) is 0 Å². The number of para-hydroxylation sites is 2. The Morgan fingerprint density at radius 3 is 2.46 bits per heavy atom. The topological polar surface area (TPSA) is 40.7 Å². The van der Waals surface area contributed by atoms with Gasteiger partial charge in [0.1, 0.15) is 5.82 Å². The summed E-state index contributed by atoms with van der Waals surface area (Å²) >= 11 is 0. The van der Waals surface area contributed by atoms with E-state index >= 15 is 0 Å². The van der Waals surface area contributed by atoms with E-state index in [9.17, 15) is 0 Å². The SMILES string of the molecule is c1cc(-c2ccc(CNC3CC3)cc2)cc(-c2nc3ccccc3[nH]2)c1. The Morgan fingerprint density at radius 2 is 1.65 bits per heavy atom. The zero-order chi connectivity index (χ0) is 17.3. The number of nitrogens with one attached hydrogen (secondary N) is 2. The summed E-state index contributed by atoms with van der Waals surface area (Å²) in [6, 6.07) is 26.3. The lowest BCUT2D eigenvalue weighted by atomic mass is 10.0. The monoisotopic (exact) mass is 339 g/mol. The number of benzene rings is 3. The summed E-state index contributed by atoms with van der Waals surface area (Å²) < 4.78 is 0. The molecule has 1 saturated carbocycles. The van der Waals surface area contributed by atoms with Crippen LogP contribution in [-0.2, 0) is 6.54 Å². The van der Waals surface area contributed by atoms with E-state index in [1.165, 1.54) is 29.5 Å². The molecule has 0 bridgehead atoms. The van der Waals surface area contributed by atoms with E-state index in [0.717, 1.165) is 35.0 Å². The van der Waals surface area contributed by atoms with Crippen LogP contribution in [0.5, 0.6) is 0 Å². The predicted molar refractivity (Wildman–Crippen MR) is 107 cm³/mol. The minimum Gasteiger partial charge on any atom is -0.338 e. The first kappa shape index (κ1) is 15.4. The molecule has 0 amide bonds. The molecular weight excluding hydrogens is 318 g/mol. The van der Waals surface area contributed by atoms with Gasteiger partial charge in [-0.25, -0.2) is 4.98 Å². The molecule has 3 aromatic carbocycles. The Labute approximate surface area is 153 Å². The Bertz CT molecular complexity index is 1010. The Hall–Kier alpha value is -2.91. The Morgan fingerprint density at radius 1 is 0.846 bits per heavy atom. The van der Waals surface area contributed by atoms with Crippen LogP contribution in [0, 0.1) is 0 Å². The highest BCUT2D eigenvalue weighted by molar-refractivity contribution is 5.80. The number of H-pyrrole nitrogens is 1. The zero-order valence-electron chi connectivity index (χ0n) is 14.6. The van der Waals surface area contributed by atoms with Gasteiger partial charge in [-0.15, -0.1) is 0 Å². The summed E-state index contributed by atoms with van der Waals surface area (Å²) in [5.74, 6) is 0.915. The molecule has 0 saturated heterocycles. The van der Waals surface area contributed by atoms with E-state index < -0.39 is 0 Å². The molecule has 1 aromatic heterocycles. The Kier molecular flexibility index (Phi) is 3.80. The number of imidazole rings is 1. The maximum Gasteiger partial charge on any atom is 0.138 e. The normalized spacial score (nSPS) is 14.0. The van der Waals surface area contributed by atoms with Crippen LogP contribution in [-0.4, -0.2) is 16.0 Å². The molecule has 0 spiro atoms. The number of rotatable bonds is 5. The second kappa shape index (κ2) is 6.43.